The summed E-state index contributed by atoms with van der Waals surface area (Å²) in [4.78, 5) is 4.14. The normalized spacial score (nSPS) is 19.9. The minimum absolute atomic E-state index is 0.218. The van der Waals surface area contributed by atoms with E-state index in [0.29, 0.717) is 11.1 Å². The Morgan fingerprint density at radius 2 is 1.74 bits per heavy atom. The summed E-state index contributed by atoms with van der Waals surface area (Å²) in [6, 6.07) is 14.5. The summed E-state index contributed by atoms with van der Waals surface area (Å²) in [6.45, 7) is 0.873. The molecule has 3 aromatic rings. The zero-order valence-corrected chi connectivity index (χ0v) is 16.5. The van der Waals surface area contributed by atoms with Gasteiger partial charge in [0.2, 0.25) is 0 Å². The minimum atomic E-state index is 0.218. The summed E-state index contributed by atoms with van der Waals surface area (Å²) in [5, 5.41) is 7.21. The summed E-state index contributed by atoms with van der Waals surface area (Å²) >= 11 is 12.3. The fourth-order valence-electron chi connectivity index (χ4n) is 3.61. The first-order chi connectivity index (χ1) is 13.2. The van der Waals surface area contributed by atoms with Gasteiger partial charge in [-0.05, 0) is 67.0 Å². The van der Waals surface area contributed by atoms with Crippen LogP contribution in [0.25, 0.3) is 10.8 Å². The molecule has 1 aromatic heterocycles. The van der Waals surface area contributed by atoms with Crippen LogP contribution in [0.2, 0.25) is 10.0 Å². The van der Waals surface area contributed by atoms with Crippen LogP contribution in [0.1, 0.15) is 31.2 Å². The highest BCUT2D eigenvalue weighted by atomic mass is 35.5. The lowest BCUT2D eigenvalue weighted by molar-refractivity contribution is 0.139. The molecule has 0 unspecified atom stereocenters. The number of halogens is 2. The number of nitrogens with one attached hydrogen (secondary N) is 1. The summed E-state index contributed by atoms with van der Waals surface area (Å²) in [7, 11) is 0. The highest BCUT2D eigenvalue weighted by molar-refractivity contribution is 6.32. The number of benzene rings is 2. The molecule has 5 heteroatoms. The van der Waals surface area contributed by atoms with Crippen molar-refractivity contribution < 1.29 is 4.74 Å². The number of ether oxygens (including phenoxy) is 1. The lowest BCUT2D eigenvalue weighted by Gasteiger charge is -2.30. The minimum Gasteiger partial charge on any atom is -0.489 e. The third-order valence-corrected chi connectivity index (χ3v) is 5.71. The number of fused-ring (bicyclic) bond motifs is 1. The van der Waals surface area contributed by atoms with Crippen LogP contribution in [0.15, 0.2) is 54.9 Å². The van der Waals surface area contributed by atoms with Gasteiger partial charge >= 0.3 is 0 Å². The Balaban J connectivity index is 1.30. The van der Waals surface area contributed by atoms with Crippen molar-refractivity contribution in [2.45, 2.75) is 44.4 Å². The number of rotatable bonds is 5. The third kappa shape index (κ3) is 4.73. The van der Waals surface area contributed by atoms with Gasteiger partial charge in [-0.2, -0.15) is 0 Å². The van der Waals surface area contributed by atoms with Gasteiger partial charge < -0.3 is 10.1 Å². The Kier molecular flexibility index (Phi) is 5.82. The molecule has 1 aliphatic carbocycles. The Bertz CT molecular complexity index is 906. The number of hydrogen-bond donors (Lipinski definition) is 1. The van der Waals surface area contributed by atoms with Gasteiger partial charge in [-0.25, -0.2) is 0 Å². The molecular formula is C22H22Cl2N2O. The second-order valence-electron chi connectivity index (χ2n) is 7.10. The summed E-state index contributed by atoms with van der Waals surface area (Å²) < 4.78 is 6.22. The Labute approximate surface area is 169 Å². The maximum Gasteiger partial charge on any atom is 0.138 e. The van der Waals surface area contributed by atoms with Crippen LogP contribution in [0.4, 0.5) is 0 Å². The summed E-state index contributed by atoms with van der Waals surface area (Å²) in [5.41, 5.74) is 1.26. The molecule has 0 radical (unpaired) electrons. The van der Waals surface area contributed by atoms with E-state index in [9.17, 15) is 0 Å². The molecular weight excluding hydrogens is 379 g/mol. The van der Waals surface area contributed by atoms with Gasteiger partial charge in [0.15, 0.2) is 0 Å². The van der Waals surface area contributed by atoms with Crippen LogP contribution < -0.4 is 10.1 Å². The molecule has 1 saturated carbocycles. The highest BCUT2D eigenvalue weighted by Crippen LogP contribution is 2.33. The van der Waals surface area contributed by atoms with Crippen LogP contribution in [0.5, 0.6) is 5.75 Å². The van der Waals surface area contributed by atoms with Gasteiger partial charge in [0.05, 0.1) is 11.1 Å². The molecule has 140 valence electrons. The van der Waals surface area contributed by atoms with Crippen molar-refractivity contribution in [3.05, 3.63) is 70.5 Å². The van der Waals surface area contributed by atoms with Crippen LogP contribution in [-0.4, -0.2) is 17.1 Å². The van der Waals surface area contributed by atoms with E-state index in [2.05, 4.69) is 22.4 Å². The van der Waals surface area contributed by atoms with E-state index in [4.69, 9.17) is 27.9 Å². The molecule has 0 bridgehead atoms. The number of hydrogen-bond acceptors (Lipinski definition) is 3. The highest BCUT2D eigenvalue weighted by Gasteiger charge is 2.23. The van der Waals surface area contributed by atoms with Crippen molar-refractivity contribution in [2.75, 3.05) is 0 Å². The van der Waals surface area contributed by atoms with Gasteiger partial charge in [-0.15, -0.1) is 0 Å². The first-order valence-corrected chi connectivity index (χ1v) is 10.1. The molecule has 0 saturated heterocycles. The molecule has 1 N–H and O–H groups in total. The molecule has 2 aromatic carbocycles. The number of nitrogens with zero attached hydrogens (tertiary/aromatic N) is 1. The van der Waals surface area contributed by atoms with E-state index in [1.165, 1.54) is 5.56 Å². The van der Waals surface area contributed by atoms with Gasteiger partial charge in [-0.3, -0.25) is 4.98 Å². The van der Waals surface area contributed by atoms with Crippen molar-refractivity contribution in [2.24, 2.45) is 0 Å². The monoisotopic (exact) mass is 400 g/mol. The fourth-order valence-corrected chi connectivity index (χ4v) is 3.95. The van der Waals surface area contributed by atoms with E-state index in [1.807, 2.05) is 36.5 Å². The molecule has 0 aliphatic heterocycles. The lowest BCUT2D eigenvalue weighted by atomic mass is 9.92. The van der Waals surface area contributed by atoms with Gasteiger partial charge in [0.1, 0.15) is 5.75 Å². The van der Waals surface area contributed by atoms with Crippen LogP contribution in [0.3, 0.4) is 0 Å². The zero-order chi connectivity index (χ0) is 18.6. The second-order valence-corrected chi connectivity index (χ2v) is 7.95. The van der Waals surface area contributed by atoms with E-state index < -0.39 is 0 Å². The molecule has 1 aliphatic rings. The lowest BCUT2D eigenvalue weighted by Crippen LogP contribution is -2.35. The molecule has 27 heavy (non-hydrogen) atoms. The second kappa shape index (κ2) is 8.47. The fraction of sp³-hybridized carbons (Fsp3) is 0.318. The quantitative estimate of drug-likeness (QED) is 0.568. The smallest absolute Gasteiger partial charge is 0.138 e. The summed E-state index contributed by atoms with van der Waals surface area (Å²) in [6.07, 6.45) is 8.10. The third-order valence-electron chi connectivity index (χ3n) is 5.17. The molecule has 1 heterocycles. The first-order valence-electron chi connectivity index (χ1n) is 9.35. The predicted molar refractivity (Wildman–Crippen MR) is 112 cm³/mol. The molecule has 0 amide bonds. The molecule has 3 nitrogen and oxygen atoms in total. The Hall–Kier alpha value is -1.81. The molecule has 0 spiro atoms. The van der Waals surface area contributed by atoms with E-state index in [1.54, 1.807) is 6.20 Å². The zero-order valence-electron chi connectivity index (χ0n) is 15.0. The van der Waals surface area contributed by atoms with Gasteiger partial charge in [-0.1, -0.05) is 35.3 Å². The van der Waals surface area contributed by atoms with Crippen molar-refractivity contribution >= 4 is 34.0 Å². The van der Waals surface area contributed by atoms with Crippen LogP contribution in [0, 0.1) is 0 Å². The van der Waals surface area contributed by atoms with Gasteiger partial charge in [0, 0.05) is 35.4 Å². The van der Waals surface area contributed by atoms with E-state index in [-0.39, 0.29) is 6.10 Å². The molecule has 1 fully saturated rings. The van der Waals surface area contributed by atoms with Crippen molar-refractivity contribution in [1.29, 1.82) is 0 Å². The number of aromatic nitrogens is 1. The SMILES string of the molecule is Clc1ccc(CN[C@H]2CC[C@@H](Oc3cc4ccncc4cc3Cl)CC2)cc1. The standard InChI is InChI=1S/C22H22Cl2N2O/c23-18-3-1-15(2-4-18)13-26-19-5-7-20(8-6-19)27-22-12-16-9-10-25-14-17(16)11-21(22)24/h1-4,9-12,14,19-20,26H,5-8,13H2/t19-,20+. The molecule has 0 atom stereocenters. The van der Waals surface area contributed by atoms with Crippen molar-refractivity contribution in [3.8, 4) is 5.75 Å². The summed E-state index contributed by atoms with van der Waals surface area (Å²) in [5.74, 6) is 0.771. The Morgan fingerprint density at radius 3 is 2.52 bits per heavy atom. The number of pyridine rings is 1. The van der Waals surface area contributed by atoms with Crippen LogP contribution in [-0.2, 0) is 6.54 Å². The topological polar surface area (TPSA) is 34.1 Å². The largest absolute Gasteiger partial charge is 0.489 e. The molecule has 4 rings (SSSR count). The maximum absolute atomic E-state index is 6.41. The van der Waals surface area contributed by atoms with Crippen LogP contribution >= 0.6 is 23.2 Å². The van der Waals surface area contributed by atoms with E-state index in [0.717, 1.165) is 53.8 Å². The van der Waals surface area contributed by atoms with Crippen molar-refractivity contribution in [3.63, 3.8) is 0 Å². The predicted octanol–water partition coefficient (Wildman–Crippen LogP) is 6.02. The van der Waals surface area contributed by atoms with Gasteiger partial charge in [0.25, 0.3) is 0 Å². The first kappa shape index (κ1) is 18.5. The Morgan fingerprint density at radius 1 is 0.963 bits per heavy atom. The maximum atomic E-state index is 6.41. The van der Waals surface area contributed by atoms with Crippen molar-refractivity contribution in [1.82, 2.24) is 10.3 Å². The average Bonchev–Trinajstić information content (AvgIpc) is 2.69. The van der Waals surface area contributed by atoms with E-state index >= 15 is 0 Å². The average molecular weight is 401 g/mol.